The van der Waals surface area contributed by atoms with Crippen LogP contribution in [0.3, 0.4) is 0 Å². The van der Waals surface area contributed by atoms with E-state index in [1.54, 1.807) is 21.1 Å². The molecule has 0 N–H and O–H groups in total. The Hall–Kier alpha value is -1.66. The minimum atomic E-state index is -8.00. The zero-order valence-electron chi connectivity index (χ0n) is 19.5. The van der Waals surface area contributed by atoms with E-state index >= 15 is 0 Å². The third kappa shape index (κ3) is 7.92. The predicted molar refractivity (Wildman–Crippen MR) is 102 cm³/mol. The van der Waals surface area contributed by atoms with E-state index in [0.717, 1.165) is 18.9 Å². The van der Waals surface area contributed by atoms with Crippen molar-refractivity contribution in [1.29, 1.82) is 0 Å². The average Bonchev–Trinajstić information content (AvgIpc) is 2.70. The fraction of sp³-hybridized carbons (Fsp3) is 0.889. The third-order valence-electron chi connectivity index (χ3n) is 4.58. The second kappa shape index (κ2) is 11.6. The minimum absolute atomic E-state index is 0.156. The van der Waals surface area contributed by atoms with Gasteiger partial charge in [0.1, 0.15) is 5.25 Å². The Morgan fingerprint density at radius 3 is 1.65 bits per heavy atom. The Balaban J connectivity index is 5.62. The van der Waals surface area contributed by atoms with Crippen molar-refractivity contribution in [3.63, 3.8) is 0 Å². The number of esters is 2. The molecule has 1 unspecified atom stereocenters. The molecule has 0 saturated heterocycles. The molecule has 1 atom stereocenters. The molecule has 0 fully saturated rings. The lowest BCUT2D eigenvalue weighted by molar-refractivity contribution is -0.867. The average molecular weight is 596 g/mol. The van der Waals surface area contributed by atoms with Gasteiger partial charge in [0, 0.05) is 5.75 Å². The summed E-state index contributed by atoms with van der Waals surface area (Å²) in [4.78, 5) is 23.5. The number of hydrogen-bond acceptors (Lipinski definition) is 5. The molecule has 0 aromatic rings. The highest BCUT2D eigenvalue weighted by molar-refractivity contribution is 8.00. The van der Waals surface area contributed by atoms with Gasteiger partial charge in [-0.25, -0.2) is 0 Å². The lowest BCUT2D eigenvalue weighted by atomic mass is 9.93. The minimum Gasteiger partial charge on any atom is -0.469 e. The summed E-state index contributed by atoms with van der Waals surface area (Å²) in [6, 6.07) is 0. The smallest absolute Gasteiger partial charge is 0.460 e. The fourth-order valence-corrected chi connectivity index (χ4v) is 3.64. The van der Waals surface area contributed by atoms with Gasteiger partial charge in [0.15, 0.2) is 0 Å². The number of thioether (sulfide) groups is 1. The van der Waals surface area contributed by atoms with Crippen LogP contribution >= 0.6 is 11.8 Å². The summed E-state index contributed by atoms with van der Waals surface area (Å²) >= 11 is 0.741. The molecule has 5 nitrogen and oxygen atoms in total. The first kappa shape index (κ1) is 35.3. The number of carbonyl (C=O) groups excluding carboxylic acids is 2. The number of alkyl halides is 13. The molecule has 0 bridgehead atoms. The maximum Gasteiger partial charge on any atom is 0.460 e. The molecule has 0 spiro atoms. The number of quaternary nitrogens is 1. The summed E-state index contributed by atoms with van der Waals surface area (Å²) in [5.74, 6) is -39.9. The van der Waals surface area contributed by atoms with Crippen LogP contribution < -0.4 is 0 Å². The van der Waals surface area contributed by atoms with Crippen LogP contribution in [-0.4, -0.2) is 105 Å². The molecule has 0 aromatic carbocycles. The Labute approximate surface area is 206 Å². The maximum absolute atomic E-state index is 13.8. The lowest BCUT2D eigenvalue weighted by Gasteiger charge is -2.39. The van der Waals surface area contributed by atoms with Gasteiger partial charge in [0.25, 0.3) is 0 Å². The summed E-state index contributed by atoms with van der Waals surface area (Å²) < 4.78 is 179. The summed E-state index contributed by atoms with van der Waals surface area (Å²) in [5.41, 5.74) is 0. The largest absolute Gasteiger partial charge is 0.469 e. The molecule has 0 radical (unpaired) electrons. The molecular weight excluding hydrogens is 573 g/mol. The number of rotatable bonds is 14. The summed E-state index contributed by atoms with van der Waals surface area (Å²) in [6.07, 6.45) is -10.9. The normalized spacial score (nSPS) is 15.4. The van der Waals surface area contributed by atoms with E-state index in [1.165, 1.54) is 0 Å². The number of hydrogen-bond donors (Lipinski definition) is 0. The molecule has 0 aliphatic heterocycles. The van der Waals surface area contributed by atoms with E-state index in [0.29, 0.717) is 11.0 Å². The Bertz CT molecular complexity index is 797. The van der Waals surface area contributed by atoms with Crippen LogP contribution in [0.15, 0.2) is 0 Å². The van der Waals surface area contributed by atoms with Crippen LogP contribution in [0.25, 0.3) is 0 Å². The fourth-order valence-electron chi connectivity index (χ4n) is 2.25. The van der Waals surface area contributed by atoms with Gasteiger partial charge in [-0.15, -0.1) is 11.8 Å². The number of carbonyl (C=O) groups is 2. The van der Waals surface area contributed by atoms with Gasteiger partial charge in [-0.05, 0) is 0 Å². The van der Waals surface area contributed by atoms with Crippen molar-refractivity contribution in [1.82, 2.24) is 0 Å². The molecule has 0 amide bonds. The van der Waals surface area contributed by atoms with Crippen molar-refractivity contribution in [3.8, 4) is 0 Å². The van der Waals surface area contributed by atoms with E-state index in [-0.39, 0.29) is 5.75 Å². The van der Waals surface area contributed by atoms with Gasteiger partial charge in [0.05, 0.1) is 54.2 Å². The van der Waals surface area contributed by atoms with Crippen LogP contribution in [0, 0.1) is 0 Å². The van der Waals surface area contributed by atoms with E-state index in [4.69, 9.17) is 0 Å². The molecule has 19 heteroatoms. The van der Waals surface area contributed by atoms with Crippen LogP contribution in [0.5, 0.6) is 0 Å². The summed E-state index contributed by atoms with van der Waals surface area (Å²) in [5, 5.41) is -1.47. The first-order valence-electron chi connectivity index (χ1n) is 9.81. The molecule has 0 aliphatic carbocycles. The van der Waals surface area contributed by atoms with Crippen molar-refractivity contribution in [3.05, 3.63) is 0 Å². The van der Waals surface area contributed by atoms with E-state index in [9.17, 15) is 66.7 Å². The Morgan fingerprint density at radius 1 is 0.784 bits per heavy atom. The first-order valence-corrected chi connectivity index (χ1v) is 10.9. The predicted octanol–water partition coefficient (Wildman–Crippen LogP) is 5.03. The number of methoxy groups -OCH3 is 1. The Kier molecular flexibility index (Phi) is 11.1. The second-order valence-electron chi connectivity index (χ2n) is 8.57. The highest BCUT2D eigenvalue weighted by Crippen LogP contribution is 2.60. The standard InChI is InChI=1S/C18H23F13NO4S/c1-32(2,3)6-8-37-10(9-11(33)35-4)12(34)36-7-5-13(19,20)14(21,22)15(23,24)16(25,26)17(27,28)18(29,30)31/h10H,5-9H2,1-4H3/q+1. The van der Waals surface area contributed by atoms with E-state index < -0.39 is 72.4 Å². The van der Waals surface area contributed by atoms with E-state index in [1.807, 2.05) is 0 Å². The maximum atomic E-state index is 13.8. The zero-order valence-corrected chi connectivity index (χ0v) is 20.3. The SMILES string of the molecule is COC(=O)CC(SCC[N+](C)(C)C)C(=O)OCCC(F)(F)C(F)(F)C(F)(F)C(F)(F)C(F)(F)C(F)(F)F. The molecule has 220 valence electrons. The van der Waals surface area contributed by atoms with Crippen LogP contribution in [-0.2, 0) is 19.1 Å². The topological polar surface area (TPSA) is 52.6 Å². The molecular formula is C18H23F13NO4S+. The lowest BCUT2D eigenvalue weighted by Crippen LogP contribution is -2.70. The Morgan fingerprint density at radius 2 is 1.24 bits per heavy atom. The van der Waals surface area contributed by atoms with Gasteiger partial charge in [-0.3, -0.25) is 9.59 Å². The molecule has 0 saturated carbocycles. The molecule has 37 heavy (non-hydrogen) atoms. The van der Waals surface area contributed by atoms with E-state index in [2.05, 4.69) is 9.47 Å². The monoisotopic (exact) mass is 596 g/mol. The zero-order chi connectivity index (χ0) is 29.9. The number of halogens is 13. The van der Waals surface area contributed by atoms with Gasteiger partial charge >= 0.3 is 47.7 Å². The van der Waals surface area contributed by atoms with Crippen LogP contribution in [0.4, 0.5) is 57.1 Å². The molecule has 0 rings (SSSR count). The van der Waals surface area contributed by atoms with Gasteiger partial charge in [0.2, 0.25) is 0 Å². The number of nitrogens with zero attached hydrogens (tertiary/aromatic N) is 1. The van der Waals surface area contributed by atoms with Crippen molar-refractivity contribution in [2.45, 2.75) is 53.9 Å². The van der Waals surface area contributed by atoms with Gasteiger partial charge in [-0.2, -0.15) is 57.1 Å². The summed E-state index contributed by atoms with van der Waals surface area (Å²) in [6.45, 7) is -1.50. The highest BCUT2D eigenvalue weighted by Gasteiger charge is 2.90. The highest BCUT2D eigenvalue weighted by atomic mass is 32.2. The summed E-state index contributed by atoms with van der Waals surface area (Å²) in [7, 11) is 6.13. The number of ether oxygens (including phenoxy) is 2. The van der Waals surface area contributed by atoms with Crippen molar-refractivity contribution < 1.29 is 80.6 Å². The molecule has 0 aromatic heterocycles. The van der Waals surface area contributed by atoms with Crippen molar-refractivity contribution >= 4 is 23.7 Å². The third-order valence-corrected chi connectivity index (χ3v) is 5.76. The van der Waals surface area contributed by atoms with Gasteiger partial charge < -0.3 is 14.0 Å². The first-order chi connectivity index (χ1) is 16.2. The molecule has 0 heterocycles. The van der Waals surface area contributed by atoms with Crippen LogP contribution in [0.1, 0.15) is 12.8 Å². The quantitative estimate of drug-likeness (QED) is 0.160. The van der Waals surface area contributed by atoms with Crippen LogP contribution in [0.2, 0.25) is 0 Å². The van der Waals surface area contributed by atoms with Crippen molar-refractivity contribution in [2.75, 3.05) is 47.2 Å². The van der Waals surface area contributed by atoms with Crippen molar-refractivity contribution in [2.24, 2.45) is 0 Å². The second-order valence-corrected chi connectivity index (χ2v) is 9.88. The van der Waals surface area contributed by atoms with Gasteiger partial charge in [-0.1, -0.05) is 0 Å². The molecule has 0 aliphatic rings.